The van der Waals surface area contributed by atoms with Crippen LogP contribution in [0.4, 0.5) is 0 Å². The third-order valence-corrected chi connectivity index (χ3v) is 6.56. The monoisotopic (exact) mass is 282 g/mol. The third-order valence-electron chi connectivity index (χ3n) is 3.72. The van der Waals surface area contributed by atoms with Gasteiger partial charge in [0.2, 0.25) is 0 Å². The summed E-state index contributed by atoms with van der Waals surface area (Å²) in [7, 11) is 0. The van der Waals surface area contributed by atoms with E-state index in [1.807, 2.05) is 0 Å². The maximum absolute atomic E-state index is 5.96. The molecular formula is C14H18OSe. The van der Waals surface area contributed by atoms with Crippen LogP contribution in [0.1, 0.15) is 25.7 Å². The van der Waals surface area contributed by atoms with Gasteiger partial charge in [-0.3, -0.25) is 0 Å². The summed E-state index contributed by atoms with van der Waals surface area (Å²) in [5.41, 5.74) is 0. The van der Waals surface area contributed by atoms with Crippen LogP contribution in [0.5, 0.6) is 0 Å². The van der Waals surface area contributed by atoms with Gasteiger partial charge in [0, 0.05) is 0 Å². The minimum atomic E-state index is 0.592. The molecule has 1 saturated heterocycles. The number of rotatable bonds is 2. The van der Waals surface area contributed by atoms with Crippen molar-refractivity contribution in [1.29, 1.82) is 0 Å². The Morgan fingerprint density at radius 1 is 1.06 bits per heavy atom. The Labute approximate surface area is 104 Å². The van der Waals surface area contributed by atoms with E-state index in [0.29, 0.717) is 21.1 Å². The zero-order valence-electron chi connectivity index (χ0n) is 9.47. The molecule has 2 heteroatoms. The van der Waals surface area contributed by atoms with Gasteiger partial charge in [0.15, 0.2) is 0 Å². The molecule has 1 nitrogen and oxygen atoms in total. The Hall–Kier alpha value is -0.301. The summed E-state index contributed by atoms with van der Waals surface area (Å²) in [6.07, 6.45) is 6.12. The van der Waals surface area contributed by atoms with Crippen molar-refractivity contribution in [3.05, 3.63) is 30.3 Å². The van der Waals surface area contributed by atoms with Gasteiger partial charge in [-0.25, -0.2) is 0 Å². The molecule has 0 N–H and O–H groups in total. The predicted octanol–water partition coefficient (Wildman–Crippen LogP) is 2.39. The van der Waals surface area contributed by atoms with Crippen molar-refractivity contribution in [1.82, 2.24) is 0 Å². The van der Waals surface area contributed by atoms with Crippen molar-refractivity contribution in [2.45, 2.75) is 36.6 Å². The fraction of sp³-hybridized carbons (Fsp3) is 0.571. The molecule has 16 heavy (non-hydrogen) atoms. The molecule has 1 aliphatic heterocycles. The van der Waals surface area contributed by atoms with Gasteiger partial charge in [0.25, 0.3) is 0 Å². The molecule has 1 aromatic rings. The zero-order chi connectivity index (χ0) is 10.8. The second kappa shape index (κ2) is 4.91. The Kier molecular flexibility index (Phi) is 3.32. The van der Waals surface area contributed by atoms with Crippen molar-refractivity contribution >= 4 is 19.4 Å². The van der Waals surface area contributed by atoms with Gasteiger partial charge < -0.3 is 0 Å². The molecule has 0 radical (unpaired) electrons. The second-order valence-corrected chi connectivity index (χ2v) is 7.54. The molecule has 86 valence electrons. The Morgan fingerprint density at radius 2 is 1.94 bits per heavy atom. The van der Waals surface area contributed by atoms with Gasteiger partial charge in [-0.2, -0.15) is 0 Å². The van der Waals surface area contributed by atoms with Crippen LogP contribution in [0.2, 0.25) is 4.82 Å². The minimum absolute atomic E-state index is 0.592. The van der Waals surface area contributed by atoms with Crippen molar-refractivity contribution in [2.24, 2.45) is 5.92 Å². The molecule has 0 amide bonds. The average molecular weight is 281 g/mol. The van der Waals surface area contributed by atoms with Crippen LogP contribution in [0, 0.1) is 5.92 Å². The standard InChI is InChI=1S/C14H18OSe/c1-2-6-12(7-3-1)16-13-8-4-5-11-9-10-15-14(11)13/h1-3,6-7,11,13-14H,4-5,8-10H2. The van der Waals surface area contributed by atoms with Crippen LogP contribution in [0.3, 0.4) is 0 Å². The van der Waals surface area contributed by atoms with Crippen LogP contribution in [0.15, 0.2) is 30.3 Å². The molecule has 0 spiro atoms. The quantitative estimate of drug-likeness (QED) is 0.756. The molecule has 2 aliphatic rings. The SMILES string of the molecule is c1ccc([Se]C2CCCC3CCOC32)cc1. The van der Waals surface area contributed by atoms with E-state index in [1.165, 1.54) is 30.1 Å². The van der Waals surface area contributed by atoms with Gasteiger partial charge in [0.1, 0.15) is 0 Å². The first kappa shape index (κ1) is 10.8. The van der Waals surface area contributed by atoms with Crippen molar-refractivity contribution in [3.63, 3.8) is 0 Å². The first-order valence-corrected chi connectivity index (χ1v) is 8.11. The van der Waals surface area contributed by atoms with Crippen molar-refractivity contribution < 1.29 is 4.74 Å². The van der Waals surface area contributed by atoms with E-state index in [9.17, 15) is 0 Å². The molecule has 1 heterocycles. The van der Waals surface area contributed by atoms with E-state index < -0.39 is 0 Å². The molecular weight excluding hydrogens is 263 g/mol. The second-order valence-electron chi connectivity index (χ2n) is 4.78. The first-order valence-electron chi connectivity index (χ1n) is 6.27. The summed E-state index contributed by atoms with van der Waals surface area (Å²) in [5.74, 6) is 0.879. The molecule has 2 fully saturated rings. The summed E-state index contributed by atoms with van der Waals surface area (Å²) in [6.45, 7) is 1.01. The molecule has 1 aromatic carbocycles. The first-order chi connectivity index (χ1) is 7.93. The Morgan fingerprint density at radius 3 is 2.81 bits per heavy atom. The van der Waals surface area contributed by atoms with Gasteiger partial charge in [-0.05, 0) is 0 Å². The summed E-state index contributed by atoms with van der Waals surface area (Å²) >= 11 is 0.606. The van der Waals surface area contributed by atoms with Crippen LogP contribution < -0.4 is 4.46 Å². The number of ether oxygens (including phenoxy) is 1. The van der Waals surface area contributed by atoms with Crippen LogP contribution in [0.25, 0.3) is 0 Å². The van der Waals surface area contributed by atoms with Gasteiger partial charge >= 0.3 is 104 Å². The number of fused-ring (bicyclic) bond motifs is 1. The summed E-state index contributed by atoms with van der Waals surface area (Å²) in [6, 6.07) is 11.0. The molecule has 3 unspecified atom stereocenters. The maximum atomic E-state index is 5.96. The van der Waals surface area contributed by atoms with E-state index in [4.69, 9.17) is 4.74 Å². The van der Waals surface area contributed by atoms with Crippen molar-refractivity contribution in [2.75, 3.05) is 6.61 Å². The van der Waals surface area contributed by atoms with E-state index >= 15 is 0 Å². The van der Waals surface area contributed by atoms with Crippen LogP contribution in [-0.2, 0) is 4.74 Å². The predicted molar refractivity (Wildman–Crippen MR) is 67.3 cm³/mol. The summed E-state index contributed by atoms with van der Waals surface area (Å²) in [5, 5.41) is 0. The van der Waals surface area contributed by atoms with Crippen LogP contribution in [-0.4, -0.2) is 27.7 Å². The number of benzene rings is 1. The molecule has 1 aliphatic carbocycles. The van der Waals surface area contributed by atoms with Crippen LogP contribution >= 0.6 is 0 Å². The fourth-order valence-corrected chi connectivity index (χ4v) is 5.82. The molecule has 3 atom stereocenters. The average Bonchev–Trinajstić information content (AvgIpc) is 2.80. The Bertz CT molecular complexity index is 338. The van der Waals surface area contributed by atoms with E-state index in [2.05, 4.69) is 30.3 Å². The molecule has 1 saturated carbocycles. The van der Waals surface area contributed by atoms with E-state index in [0.717, 1.165) is 17.3 Å². The van der Waals surface area contributed by atoms with Gasteiger partial charge in [0.05, 0.1) is 0 Å². The van der Waals surface area contributed by atoms with E-state index in [-0.39, 0.29) is 0 Å². The van der Waals surface area contributed by atoms with Crippen molar-refractivity contribution in [3.8, 4) is 0 Å². The van der Waals surface area contributed by atoms with E-state index in [1.54, 1.807) is 0 Å². The number of hydrogen-bond acceptors (Lipinski definition) is 1. The zero-order valence-corrected chi connectivity index (χ0v) is 11.2. The number of hydrogen-bond donors (Lipinski definition) is 0. The Balaban J connectivity index is 1.70. The molecule has 0 bridgehead atoms. The van der Waals surface area contributed by atoms with Gasteiger partial charge in [-0.1, -0.05) is 0 Å². The normalized spacial score (nSPS) is 33.6. The van der Waals surface area contributed by atoms with Gasteiger partial charge in [-0.15, -0.1) is 0 Å². The molecule has 3 rings (SSSR count). The molecule has 0 aromatic heterocycles. The summed E-state index contributed by atoms with van der Waals surface area (Å²) < 4.78 is 7.50. The summed E-state index contributed by atoms with van der Waals surface area (Å²) in [4.78, 5) is 0.830. The topological polar surface area (TPSA) is 9.23 Å². The fourth-order valence-electron chi connectivity index (χ4n) is 2.92. The third kappa shape index (κ3) is 2.20.